The van der Waals surface area contributed by atoms with Crippen LogP contribution >= 0.6 is 15.9 Å². The molecular formula is C11H11BrN4O. The molecule has 6 heteroatoms. The molecule has 88 valence electrons. The number of halogens is 1. The van der Waals surface area contributed by atoms with Crippen LogP contribution in [0.5, 0.6) is 0 Å². The number of amides is 1. The maximum atomic E-state index is 12.0. The Balaban J connectivity index is 2.20. The number of aryl methyl sites for hydroxylation is 1. The summed E-state index contributed by atoms with van der Waals surface area (Å²) in [5.74, 6) is 0.246. The number of rotatable bonds is 3. The molecule has 0 fully saturated rings. The van der Waals surface area contributed by atoms with Crippen LogP contribution in [0.15, 0.2) is 35.1 Å². The molecule has 0 radical (unpaired) electrons. The number of nitrogens with one attached hydrogen (secondary N) is 1. The van der Waals surface area contributed by atoms with Gasteiger partial charge in [0.25, 0.3) is 5.91 Å². The van der Waals surface area contributed by atoms with Gasteiger partial charge in [-0.15, -0.1) is 5.10 Å². The summed E-state index contributed by atoms with van der Waals surface area (Å²) in [6, 6.07) is 5.19. The van der Waals surface area contributed by atoms with Gasteiger partial charge >= 0.3 is 0 Å². The highest BCUT2D eigenvalue weighted by molar-refractivity contribution is 9.10. The number of carbonyl (C=O) groups is 1. The topological polar surface area (TPSA) is 59.8 Å². The van der Waals surface area contributed by atoms with Crippen molar-refractivity contribution in [2.45, 2.75) is 13.5 Å². The Labute approximate surface area is 107 Å². The average molecular weight is 295 g/mol. The van der Waals surface area contributed by atoms with E-state index in [1.54, 1.807) is 24.4 Å². The molecule has 0 spiro atoms. The van der Waals surface area contributed by atoms with Crippen LogP contribution < -0.4 is 5.32 Å². The van der Waals surface area contributed by atoms with E-state index < -0.39 is 0 Å². The SMILES string of the molecule is CCn1cc(Br)cc1C(=O)Nc1cccnn1. The van der Waals surface area contributed by atoms with Gasteiger partial charge < -0.3 is 9.88 Å². The summed E-state index contributed by atoms with van der Waals surface area (Å²) in [5.41, 5.74) is 0.588. The largest absolute Gasteiger partial charge is 0.343 e. The Morgan fingerprint density at radius 3 is 3.06 bits per heavy atom. The van der Waals surface area contributed by atoms with Gasteiger partial charge in [-0.2, -0.15) is 5.10 Å². The Kier molecular flexibility index (Phi) is 3.53. The zero-order chi connectivity index (χ0) is 12.3. The third-order valence-corrected chi connectivity index (χ3v) is 2.68. The van der Waals surface area contributed by atoms with Crippen molar-refractivity contribution in [3.05, 3.63) is 40.8 Å². The summed E-state index contributed by atoms with van der Waals surface area (Å²) < 4.78 is 2.74. The normalized spacial score (nSPS) is 10.2. The first-order valence-corrected chi connectivity index (χ1v) is 5.94. The van der Waals surface area contributed by atoms with Crippen LogP contribution in [0.4, 0.5) is 5.82 Å². The lowest BCUT2D eigenvalue weighted by molar-refractivity contribution is 0.101. The van der Waals surface area contributed by atoms with Crippen molar-refractivity contribution in [2.24, 2.45) is 0 Å². The zero-order valence-electron chi connectivity index (χ0n) is 9.22. The molecule has 0 saturated carbocycles. The van der Waals surface area contributed by atoms with Crippen LogP contribution in [0.3, 0.4) is 0 Å². The molecule has 0 aliphatic carbocycles. The number of aromatic nitrogens is 3. The van der Waals surface area contributed by atoms with Crippen LogP contribution in [0, 0.1) is 0 Å². The van der Waals surface area contributed by atoms with E-state index in [1.807, 2.05) is 17.7 Å². The van der Waals surface area contributed by atoms with E-state index in [2.05, 4.69) is 31.4 Å². The summed E-state index contributed by atoms with van der Waals surface area (Å²) in [6.45, 7) is 2.71. The van der Waals surface area contributed by atoms with Crippen molar-refractivity contribution < 1.29 is 4.79 Å². The fourth-order valence-electron chi connectivity index (χ4n) is 1.48. The lowest BCUT2D eigenvalue weighted by atomic mass is 10.4. The third-order valence-electron chi connectivity index (χ3n) is 2.25. The summed E-state index contributed by atoms with van der Waals surface area (Å²) >= 11 is 3.35. The highest BCUT2D eigenvalue weighted by atomic mass is 79.9. The molecule has 5 nitrogen and oxygen atoms in total. The molecule has 0 bridgehead atoms. The minimum atomic E-state index is -0.196. The number of anilines is 1. The predicted molar refractivity (Wildman–Crippen MR) is 67.8 cm³/mol. The van der Waals surface area contributed by atoms with E-state index in [4.69, 9.17) is 0 Å². The molecule has 1 amide bonds. The van der Waals surface area contributed by atoms with Crippen molar-refractivity contribution in [1.29, 1.82) is 0 Å². The fraction of sp³-hybridized carbons (Fsp3) is 0.182. The summed E-state index contributed by atoms with van der Waals surface area (Å²) in [4.78, 5) is 12.0. The van der Waals surface area contributed by atoms with Crippen LogP contribution in [-0.4, -0.2) is 20.7 Å². The van der Waals surface area contributed by atoms with Crippen molar-refractivity contribution in [3.8, 4) is 0 Å². The standard InChI is InChI=1S/C11H11BrN4O/c1-2-16-7-8(12)6-9(16)11(17)14-10-4-3-5-13-15-10/h3-7H,2H2,1H3,(H,14,15,17). The second-order valence-electron chi connectivity index (χ2n) is 3.39. The van der Waals surface area contributed by atoms with Crippen molar-refractivity contribution in [2.75, 3.05) is 5.32 Å². The molecule has 1 N–H and O–H groups in total. The highest BCUT2D eigenvalue weighted by Gasteiger charge is 2.12. The number of hydrogen-bond acceptors (Lipinski definition) is 3. The van der Waals surface area contributed by atoms with E-state index in [1.165, 1.54) is 0 Å². The second kappa shape index (κ2) is 5.09. The van der Waals surface area contributed by atoms with Crippen molar-refractivity contribution >= 4 is 27.7 Å². The van der Waals surface area contributed by atoms with Crippen LogP contribution in [0.2, 0.25) is 0 Å². The van der Waals surface area contributed by atoms with Gasteiger partial charge in [-0.05, 0) is 41.1 Å². The lowest BCUT2D eigenvalue weighted by Gasteiger charge is -2.06. The minimum absolute atomic E-state index is 0.196. The van der Waals surface area contributed by atoms with E-state index in [9.17, 15) is 4.79 Å². The van der Waals surface area contributed by atoms with E-state index >= 15 is 0 Å². The van der Waals surface area contributed by atoms with E-state index in [0.717, 1.165) is 11.0 Å². The molecule has 2 aromatic heterocycles. The molecule has 2 heterocycles. The van der Waals surface area contributed by atoms with Crippen molar-refractivity contribution in [1.82, 2.24) is 14.8 Å². The Bertz CT molecular complexity index is 524. The fourth-order valence-corrected chi connectivity index (χ4v) is 1.94. The molecule has 0 aliphatic heterocycles. The molecule has 0 aromatic carbocycles. The first-order chi connectivity index (χ1) is 8.20. The summed E-state index contributed by atoms with van der Waals surface area (Å²) in [7, 11) is 0. The molecule has 0 unspecified atom stereocenters. The van der Waals surface area contributed by atoms with Crippen LogP contribution in [-0.2, 0) is 6.54 Å². The molecule has 2 rings (SSSR count). The van der Waals surface area contributed by atoms with Gasteiger partial charge in [0.15, 0.2) is 5.82 Å². The number of nitrogens with zero attached hydrogens (tertiary/aromatic N) is 3. The van der Waals surface area contributed by atoms with Gasteiger partial charge in [0.1, 0.15) is 5.69 Å². The molecular weight excluding hydrogens is 284 g/mol. The first-order valence-electron chi connectivity index (χ1n) is 5.15. The smallest absolute Gasteiger partial charge is 0.273 e. The number of hydrogen-bond donors (Lipinski definition) is 1. The Morgan fingerprint density at radius 1 is 1.59 bits per heavy atom. The summed E-state index contributed by atoms with van der Waals surface area (Å²) in [5, 5.41) is 10.2. The minimum Gasteiger partial charge on any atom is -0.343 e. The lowest BCUT2D eigenvalue weighted by Crippen LogP contribution is -2.17. The van der Waals surface area contributed by atoms with Gasteiger partial charge in [0.05, 0.1) is 0 Å². The predicted octanol–water partition coefficient (Wildman–Crippen LogP) is 2.31. The molecule has 2 aromatic rings. The monoisotopic (exact) mass is 294 g/mol. The Morgan fingerprint density at radius 2 is 2.41 bits per heavy atom. The van der Waals surface area contributed by atoms with Gasteiger partial charge in [-0.3, -0.25) is 4.79 Å². The quantitative estimate of drug-likeness (QED) is 0.945. The van der Waals surface area contributed by atoms with Crippen molar-refractivity contribution in [3.63, 3.8) is 0 Å². The molecule has 0 aliphatic rings. The van der Waals surface area contributed by atoms with Gasteiger partial charge in [0, 0.05) is 23.4 Å². The maximum absolute atomic E-state index is 12.0. The van der Waals surface area contributed by atoms with Crippen LogP contribution in [0.25, 0.3) is 0 Å². The maximum Gasteiger partial charge on any atom is 0.273 e. The van der Waals surface area contributed by atoms with E-state index in [-0.39, 0.29) is 5.91 Å². The van der Waals surface area contributed by atoms with Gasteiger partial charge in [-0.25, -0.2) is 0 Å². The molecule has 0 saturated heterocycles. The average Bonchev–Trinajstić information content (AvgIpc) is 2.72. The first kappa shape index (κ1) is 11.8. The van der Waals surface area contributed by atoms with Gasteiger partial charge in [-0.1, -0.05) is 0 Å². The number of carbonyl (C=O) groups excluding carboxylic acids is 1. The van der Waals surface area contributed by atoms with E-state index in [0.29, 0.717) is 11.5 Å². The second-order valence-corrected chi connectivity index (χ2v) is 4.31. The highest BCUT2D eigenvalue weighted by Crippen LogP contribution is 2.16. The Hall–Kier alpha value is -1.69. The zero-order valence-corrected chi connectivity index (χ0v) is 10.8. The third kappa shape index (κ3) is 2.71. The molecule has 17 heavy (non-hydrogen) atoms. The summed E-state index contributed by atoms with van der Waals surface area (Å²) in [6.07, 6.45) is 3.42. The van der Waals surface area contributed by atoms with Gasteiger partial charge in [0.2, 0.25) is 0 Å². The van der Waals surface area contributed by atoms with Crippen LogP contribution in [0.1, 0.15) is 17.4 Å². The molecule has 0 atom stereocenters.